The number of fused-ring (bicyclic) bond motifs is 1. The van der Waals surface area contributed by atoms with Gasteiger partial charge in [0.25, 0.3) is 0 Å². The van der Waals surface area contributed by atoms with E-state index in [1.165, 1.54) is 17.2 Å². The molecule has 2 aromatic heterocycles. The van der Waals surface area contributed by atoms with Crippen LogP contribution in [0.4, 0.5) is 5.82 Å². The van der Waals surface area contributed by atoms with Crippen LogP contribution in [-0.4, -0.2) is 30.6 Å². The van der Waals surface area contributed by atoms with E-state index >= 15 is 0 Å². The highest BCUT2D eigenvalue weighted by Crippen LogP contribution is 2.17. The summed E-state index contributed by atoms with van der Waals surface area (Å²) in [6.45, 7) is 0.435. The zero-order chi connectivity index (χ0) is 14.7. The number of imidazole rings is 1. The molecule has 0 aliphatic heterocycles. The molecular formula is C14H13N5O2. The standard InChI is InChI=1S/C14H13N5O2/c20-11(21)7-19-9-18-12-13(16-8-17-14(12)19)15-6-10-4-2-1-3-5-10/h1-5,8-9H,6-7H2,(H,20,21)(H,15,16,17). The fourth-order valence-electron chi connectivity index (χ4n) is 2.05. The zero-order valence-electron chi connectivity index (χ0n) is 11.1. The molecule has 0 saturated carbocycles. The van der Waals surface area contributed by atoms with Crippen molar-refractivity contribution in [2.75, 3.05) is 5.32 Å². The molecule has 0 saturated heterocycles. The summed E-state index contributed by atoms with van der Waals surface area (Å²) in [5.41, 5.74) is 2.19. The highest BCUT2D eigenvalue weighted by Gasteiger charge is 2.11. The van der Waals surface area contributed by atoms with Crippen molar-refractivity contribution in [3.05, 3.63) is 48.5 Å². The van der Waals surface area contributed by atoms with Crippen LogP contribution >= 0.6 is 0 Å². The van der Waals surface area contributed by atoms with Gasteiger partial charge in [0.2, 0.25) is 0 Å². The Morgan fingerprint density at radius 3 is 2.76 bits per heavy atom. The molecule has 0 aliphatic carbocycles. The average Bonchev–Trinajstić information content (AvgIpc) is 2.89. The molecule has 0 bridgehead atoms. The quantitative estimate of drug-likeness (QED) is 0.737. The lowest BCUT2D eigenvalue weighted by Crippen LogP contribution is -2.08. The van der Waals surface area contributed by atoms with Gasteiger partial charge < -0.3 is 15.0 Å². The van der Waals surface area contributed by atoms with Gasteiger partial charge in [0, 0.05) is 6.54 Å². The largest absolute Gasteiger partial charge is 0.480 e. The average molecular weight is 283 g/mol. The third kappa shape index (κ3) is 2.81. The molecule has 7 nitrogen and oxygen atoms in total. The third-order valence-electron chi connectivity index (χ3n) is 3.01. The maximum absolute atomic E-state index is 10.8. The van der Waals surface area contributed by atoms with E-state index in [4.69, 9.17) is 5.11 Å². The number of rotatable bonds is 5. The van der Waals surface area contributed by atoms with Crippen LogP contribution in [0, 0.1) is 0 Å². The van der Waals surface area contributed by atoms with E-state index < -0.39 is 5.97 Å². The molecule has 0 aliphatic rings. The van der Waals surface area contributed by atoms with Crippen LogP contribution < -0.4 is 5.32 Å². The minimum atomic E-state index is -0.938. The topological polar surface area (TPSA) is 92.9 Å². The number of aliphatic carboxylic acids is 1. The summed E-state index contributed by atoms with van der Waals surface area (Å²) >= 11 is 0. The van der Waals surface area contributed by atoms with Crippen LogP contribution in [0.15, 0.2) is 43.0 Å². The number of aromatic nitrogens is 4. The Hall–Kier alpha value is -2.96. The Morgan fingerprint density at radius 1 is 1.19 bits per heavy atom. The van der Waals surface area contributed by atoms with E-state index in [1.54, 1.807) is 0 Å². The number of carbonyl (C=O) groups is 1. The second kappa shape index (κ2) is 5.58. The van der Waals surface area contributed by atoms with Crippen LogP contribution in [0.25, 0.3) is 11.2 Å². The second-order valence-corrected chi connectivity index (χ2v) is 4.50. The number of carboxylic acids is 1. The lowest BCUT2D eigenvalue weighted by Gasteiger charge is -2.06. The molecule has 0 amide bonds. The molecule has 106 valence electrons. The molecule has 3 rings (SSSR count). The third-order valence-corrected chi connectivity index (χ3v) is 3.01. The molecule has 0 atom stereocenters. The van der Waals surface area contributed by atoms with Crippen molar-refractivity contribution in [2.45, 2.75) is 13.1 Å². The Kier molecular flexibility index (Phi) is 3.46. The highest BCUT2D eigenvalue weighted by molar-refractivity contribution is 5.83. The van der Waals surface area contributed by atoms with E-state index in [0.29, 0.717) is 23.5 Å². The highest BCUT2D eigenvalue weighted by atomic mass is 16.4. The fourth-order valence-corrected chi connectivity index (χ4v) is 2.05. The zero-order valence-corrected chi connectivity index (χ0v) is 11.1. The summed E-state index contributed by atoms with van der Waals surface area (Å²) in [6.07, 6.45) is 2.86. The molecule has 3 aromatic rings. The summed E-state index contributed by atoms with van der Waals surface area (Å²) in [5, 5.41) is 12.1. The van der Waals surface area contributed by atoms with Gasteiger partial charge in [-0.3, -0.25) is 4.79 Å². The minimum absolute atomic E-state index is 0.175. The SMILES string of the molecule is O=C(O)Cn1cnc2c(NCc3ccccc3)ncnc21. The number of nitrogens with one attached hydrogen (secondary N) is 1. The Labute approximate surface area is 120 Å². The normalized spacial score (nSPS) is 10.7. The second-order valence-electron chi connectivity index (χ2n) is 4.50. The Balaban J connectivity index is 1.86. The van der Waals surface area contributed by atoms with E-state index in [2.05, 4.69) is 20.3 Å². The van der Waals surface area contributed by atoms with Crippen molar-refractivity contribution in [1.29, 1.82) is 0 Å². The summed E-state index contributed by atoms with van der Waals surface area (Å²) in [6, 6.07) is 9.91. The predicted molar refractivity (Wildman–Crippen MR) is 76.7 cm³/mol. The number of hydrogen-bond acceptors (Lipinski definition) is 5. The molecule has 1 aromatic carbocycles. The molecule has 0 fully saturated rings. The summed E-state index contributed by atoms with van der Waals surface area (Å²) in [7, 11) is 0. The van der Waals surface area contributed by atoms with Gasteiger partial charge in [-0.2, -0.15) is 0 Å². The van der Waals surface area contributed by atoms with Crippen LogP contribution in [0.1, 0.15) is 5.56 Å². The smallest absolute Gasteiger partial charge is 0.323 e. The molecule has 0 unspecified atom stereocenters. The number of benzene rings is 1. The maximum atomic E-state index is 10.8. The van der Waals surface area contributed by atoms with Crippen molar-refractivity contribution in [3.8, 4) is 0 Å². The maximum Gasteiger partial charge on any atom is 0.323 e. The van der Waals surface area contributed by atoms with Gasteiger partial charge in [0.1, 0.15) is 18.4 Å². The van der Waals surface area contributed by atoms with Gasteiger partial charge in [-0.05, 0) is 5.56 Å². The van der Waals surface area contributed by atoms with Gasteiger partial charge in [-0.15, -0.1) is 0 Å². The molecule has 0 spiro atoms. The molecule has 7 heteroatoms. The first-order valence-corrected chi connectivity index (χ1v) is 6.39. The molecule has 2 N–H and O–H groups in total. The fraction of sp³-hybridized carbons (Fsp3) is 0.143. The van der Waals surface area contributed by atoms with Crippen molar-refractivity contribution in [3.63, 3.8) is 0 Å². The monoisotopic (exact) mass is 283 g/mol. The molecule has 2 heterocycles. The van der Waals surface area contributed by atoms with Gasteiger partial charge >= 0.3 is 5.97 Å². The van der Waals surface area contributed by atoms with Crippen LogP contribution in [0.2, 0.25) is 0 Å². The predicted octanol–water partition coefficient (Wildman–Crippen LogP) is 1.52. The van der Waals surface area contributed by atoms with Crippen molar-refractivity contribution in [2.24, 2.45) is 0 Å². The van der Waals surface area contributed by atoms with Crippen molar-refractivity contribution >= 4 is 23.0 Å². The first-order valence-electron chi connectivity index (χ1n) is 6.39. The number of hydrogen-bond donors (Lipinski definition) is 2. The Bertz CT molecular complexity index is 769. The number of nitrogens with zero attached hydrogens (tertiary/aromatic N) is 4. The summed E-state index contributed by atoms with van der Waals surface area (Å²) in [4.78, 5) is 23.3. The minimum Gasteiger partial charge on any atom is -0.480 e. The van der Waals surface area contributed by atoms with E-state index in [9.17, 15) is 4.79 Å². The Morgan fingerprint density at radius 2 is 2.00 bits per heavy atom. The van der Waals surface area contributed by atoms with Crippen LogP contribution in [0.3, 0.4) is 0 Å². The molecular weight excluding hydrogens is 270 g/mol. The van der Waals surface area contributed by atoms with E-state index in [1.807, 2.05) is 30.3 Å². The van der Waals surface area contributed by atoms with E-state index in [-0.39, 0.29) is 6.54 Å². The first-order chi connectivity index (χ1) is 10.2. The van der Waals surface area contributed by atoms with Crippen LogP contribution in [0.5, 0.6) is 0 Å². The van der Waals surface area contributed by atoms with Crippen molar-refractivity contribution < 1.29 is 9.90 Å². The van der Waals surface area contributed by atoms with Crippen LogP contribution in [-0.2, 0) is 17.9 Å². The van der Waals surface area contributed by atoms with Gasteiger partial charge in [0.15, 0.2) is 11.5 Å². The lowest BCUT2D eigenvalue weighted by molar-refractivity contribution is -0.137. The molecule has 0 radical (unpaired) electrons. The number of carboxylic acid groups (broad SMARTS) is 1. The van der Waals surface area contributed by atoms with E-state index in [0.717, 1.165) is 5.56 Å². The van der Waals surface area contributed by atoms with Gasteiger partial charge in [0.05, 0.1) is 6.33 Å². The van der Waals surface area contributed by atoms with Gasteiger partial charge in [-0.1, -0.05) is 30.3 Å². The van der Waals surface area contributed by atoms with Gasteiger partial charge in [-0.25, -0.2) is 15.0 Å². The lowest BCUT2D eigenvalue weighted by atomic mass is 10.2. The molecule has 21 heavy (non-hydrogen) atoms. The van der Waals surface area contributed by atoms with Crippen molar-refractivity contribution in [1.82, 2.24) is 19.5 Å². The summed E-state index contributed by atoms with van der Waals surface area (Å²) in [5.74, 6) is -0.348. The first kappa shape index (κ1) is 13.0. The summed E-state index contributed by atoms with van der Waals surface area (Å²) < 4.78 is 1.48. The number of anilines is 1.